The average Bonchev–Trinajstić information content (AvgIpc) is 2.39. The molecule has 1 aromatic rings. The van der Waals surface area contributed by atoms with Crippen LogP contribution >= 0.6 is 27.5 Å². The molecule has 0 saturated carbocycles. The molecule has 112 valence electrons. The molecular formula is C13H17BrClNO3S. The summed E-state index contributed by atoms with van der Waals surface area (Å²) in [5.74, 6) is 0.345. The van der Waals surface area contributed by atoms with Gasteiger partial charge in [0, 0.05) is 31.3 Å². The molecule has 0 unspecified atom stereocenters. The van der Waals surface area contributed by atoms with Crippen molar-refractivity contribution in [2.45, 2.75) is 17.7 Å². The van der Waals surface area contributed by atoms with Gasteiger partial charge in [0.1, 0.15) is 4.90 Å². The molecule has 1 aliphatic rings. The molecule has 1 aromatic carbocycles. The summed E-state index contributed by atoms with van der Waals surface area (Å²) in [5.41, 5.74) is 0. The van der Waals surface area contributed by atoms with E-state index in [1.807, 2.05) is 0 Å². The molecule has 1 saturated heterocycles. The third-order valence-electron chi connectivity index (χ3n) is 3.44. The second-order valence-corrected chi connectivity index (χ2v) is 8.25. The molecule has 1 aliphatic heterocycles. The van der Waals surface area contributed by atoms with Crippen LogP contribution in [0, 0.1) is 5.92 Å². The van der Waals surface area contributed by atoms with E-state index in [2.05, 4.69) is 15.9 Å². The van der Waals surface area contributed by atoms with E-state index in [1.54, 1.807) is 19.2 Å². The minimum absolute atomic E-state index is 0.150. The van der Waals surface area contributed by atoms with E-state index in [9.17, 15) is 8.42 Å². The second kappa shape index (κ2) is 6.75. The van der Waals surface area contributed by atoms with E-state index in [0.29, 0.717) is 25.7 Å². The SMILES string of the molecule is CN(CC1CCOCC1)S(=O)(=O)c1ccc(Br)cc1Cl. The van der Waals surface area contributed by atoms with Gasteiger partial charge in [-0.3, -0.25) is 0 Å². The summed E-state index contributed by atoms with van der Waals surface area (Å²) in [4.78, 5) is 0.150. The van der Waals surface area contributed by atoms with Gasteiger partial charge in [0.25, 0.3) is 0 Å². The number of ether oxygens (including phenoxy) is 1. The zero-order chi connectivity index (χ0) is 14.8. The van der Waals surface area contributed by atoms with Gasteiger partial charge in [-0.05, 0) is 37.0 Å². The van der Waals surface area contributed by atoms with Crippen molar-refractivity contribution in [2.24, 2.45) is 5.92 Å². The predicted molar refractivity (Wildman–Crippen MR) is 82.5 cm³/mol. The number of sulfonamides is 1. The quantitative estimate of drug-likeness (QED) is 0.803. The molecule has 7 heteroatoms. The van der Waals surface area contributed by atoms with Crippen molar-refractivity contribution in [3.05, 3.63) is 27.7 Å². The van der Waals surface area contributed by atoms with Crippen LogP contribution in [-0.2, 0) is 14.8 Å². The summed E-state index contributed by atoms with van der Waals surface area (Å²) in [6, 6.07) is 4.81. The van der Waals surface area contributed by atoms with Crippen LogP contribution in [0.2, 0.25) is 5.02 Å². The molecule has 0 aliphatic carbocycles. The molecule has 0 bridgehead atoms. The monoisotopic (exact) mass is 381 g/mol. The van der Waals surface area contributed by atoms with Crippen LogP contribution in [0.25, 0.3) is 0 Å². The molecule has 0 N–H and O–H groups in total. The van der Waals surface area contributed by atoms with Crippen molar-refractivity contribution in [3.8, 4) is 0 Å². The molecule has 0 spiro atoms. The minimum Gasteiger partial charge on any atom is -0.381 e. The molecule has 2 rings (SSSR count). The third-order valence-corrected chi connectivity index (χ3v) is 6.24. The van der Waals surface area contributed by atoms with Crippen LogP contribution in [0.4, 0.5) is 0 Å². The number of hydrogen-bond acceptors (Lipinski definition) is 3. The van der Waals surface area contributed by atoms with Gasteiger partial charge in [0.2, 0.25) is 10.0 Å². The Morgan fingerprint density at radius 2 is 2.05 bits per heavy atom. The maximum atomic E-state index is 12.5. The summed E-state index contributed by atoms with van der Waals surface area (Å²) < 4.78 is 32.5. The molecule has 4 nitrogen and oxygen atoms in total. The summed E-state index contributed by atoms with van der Waals surface area (Å²) >= 11 is 9.32. The van der Waals surface area contributed by atoms with Crippen LogP contribution in [0.1, 0.15) is 12.8 Å². The Kier molecular flexibility index (Phi) is 5.48. The van der Waals surface area contributed by atoms with Crippen LogP contribution in [-0.4, -0.2) is 39.5 Å². The van der Waals surface area contributed by atoms with E-state index in [0.717, 1.165) is 17.3 Å². The Morgan fingerprint density at radius 1 is 1.40 bits per heavy atom. The zero-order valence-electron chi connectivity index (χ0n) is 11.2. The number of halogens is 2. The Hall–Kier alpha value is -0.140. The lowest BCUT2D eigenvalue weighted by Gasteiger charge is -2.27. The standard InChI is InChI=1S/C13H17BrClNO3S/c1-16(9-10-4-6-19-7-5-10)20(17,18)13-3-2-11(14)8-12(13)15/h2-3,8,10H,4-7,9H2,1H3. The van der Waals surface area contributed by atoms with E-state index in [1.165, 1.54) is 10.4 Å². The Balaban J connectivity index is 2.16. The fourth-order valence-electron chi connectivity index (χ4n) is 2.24. The van der Waals surface area contributed by atoms with Crippen molar-refractivity contribution in [3.63, 3.8) is 0 Å². The molecule has 1 fully saturated rings. The fraction of sp³-hybridized carbons (Fsp3) is 0.538. The molecular weight excluding hydrogens is 366 g/mol. The second-order valence-electron chi connectivity index (χ2n) is 4.92. The number of benzene rings is 1. The minimum atomic E-state index is -3.55. The first-order valence-corrected chi connectivity index (χ1v) is 9.01. The Bertz CT molecular complexity index is 573. The molecule has 1 heterocycles. The van der Waals surface area contributed by atoms with Gasteiger partial charge in [-0.15, -0.1) is 0 Å². The van der Waals surface area contributed by atoms with Crippen LogP contribution in [0.3, 0.4) is 0 Å². The van der Waals surface area contributed by atoms with E-state index in [-0.39, 0.29) is 9.92 Å². The van der Waals surface area contributed by atoms with E-state index in [4.69, 9.17) is 16.3 Å². The molecule has 0 radical (unpaired) electrons. The highest BCUT2D eigenvalue weighted by atomic mass is 79.9. The average molecular weight is 383 g/mol. The summed E-state index contributed by atoms with van der Waals surface area (Å²) in [7, 11) is -1.95. The van der Waals surface area contributed by atoms with Crippen molar-refractivity contribution in [1.82, 2.24) is 4.31 Å². The fourth-order valence-corrected chi connectivity index (χ4v) is 4.50. The highest BCUT2D eigenvalue weighted by molar-refractivity contribution is 9.10. The van der Waals surface area contributed by atoms with Gasteiger partial charge in [0.15, 0.2) is 0 Å². The van der Waals surface area contributed by atoms with Crippen molar-refractivity contribution >= 4 is 37.6 Å². The molecule has 0 atom stereocenters. The predicted octanol–water partition coefficient (Wildman–Crippen LogP) is 3.15. The van der Waals surface area contributed by atoms with Gasteiger partial charge >= 0.3 is 0 Å². The van der Waals surface area contributed by atoms with Crippen LogP contribution in [0.15, 0.2) is 27.6 Å². The van der Waals surface area contributed by atoms with E-state index >= 15 is 0 Å². The third kappa shape index (κ3) is 3.74. The van der Waals surface area contributed by atoms with E-state index < -0.39 is 10.0 Å². The summed E-state index contributed by atoms with van der Waals surface area (Å²) in [5, 5.41) is 0.234. The van der Waals surface area contributed by atoms with Crippen LogP contribution < -0.4 is 0 Å². The number of nitrogens with zero attached hydrogens (tertiary/aromatic N) is 1. The zero-order valence-corrected chi connectivity index (χ0v) is 14.3. The molecule has 0 amide bonds. The van der Waals surface area contributed by atoms with Crippen molar-refractivity contribution in [2.75, 3.05) is 26.8 Å². The van der Waals surface area contributed by atoms with Crippen LogP contribution in [0.5, 0.6) is 0 Å². The first-order chi connectivity index (χ1) is 9.41. The highest BCUT2D eigenvalue weighted by Gasteiger charge is 2.26. The summed E-state index contributed by atoms with van der Waals surface area (Å²) in [6.07, 6.45) is 1.79. The lowest BCUT2D eigenvalue weighted by Crippen LogP contribution is -2.34. The topological polar surface area (TPSA) is 46.6 Å². The number of rotatable bonds is 4. The smallest absolute Gasteiger partial charge is 0.244 e. The lowest BCUT2D eigenvalue weighted by molar-refractivity contribution is 0.0620. The van der Waals surface area contributed by atoms with Gasteiger partial charge in [-0.25, -0.2) is 12.7 Å². The first-order valence-electron chi connectivity index (χ1n) is 6.40. The maximum Gasteiger partial charge on any atom is 0.244 e. The lowest BCUT2D eigenvalue weighted by atomic mass is 10.0. The first kappa shape index (κ1) is 16.2. The highest BCUT2D eigenvalue weighted by Crippen LogP contribution is 2.28. The Labute approximate surface area is 133 Å². The maximum absolute atomic E-state index is 12.5. The molecule has 20 heavy (non-hydrogen) atoms. The van der Waals surface area contributed by atoms with Crippen molar-refractivity contribution in [1.29, 1.82) is 0 Å². The summed E-state index contributed by atoms with van der Waals surface area (Å²) in [6.45, 7) is 1.91. The number of hydrogen-bond donors (Lipinski definition) is 0. The van der Waals surface area contributed by atoms with Gasteiger partial charge in [-0.2, -0.15) is 0 Å². The normalized spacial score (nSPS) is 17.6. The Morgan fingerprint density at radius 3 is 2.65 bits per heavy atom. The van der Waals surface area contributed by atoms with Gasteiger partial charge in [0.05, 0.1) is 5.02 Å². The van der Waals surface area contributed by atoms with Gasteiger partial charge < -0.3 is 4.74 Å². The van der Waals surface area contributed by atoms with Gasteiger partial charge in [-0.1, -0.05) is 27.5 Å². The molecule has 0 aromatic heterocycles. The largest absolute Gasteiger partial charge is 0.381 e. The van der Waals surface area contributed by atoms with Crippen molar-refractivity contribution < 1.29 is 13.2 Å².